The van der Waals surface area contributed by atoms with Crippen LogP contribution >= 0.6 is 24.0 Å². The quantitative estimate of drug-likeness (QED) is 0.354. The van der Waals surface area contributed by atoms with Gasteiger partial charge in [0.05, 0.1) is 6.04 Å². The highest BCUT2D eigenvalue weighted by Gasteiger charge is 2.23. The maximum absolute atomic E-state index is 13.2. The molecule has 1 heterocycles. The summed E-state index contributed by atoms with van der Waals surface area (Å²) < 4.78 is 13.2. The average Bonchev–Trinajstić information content (AvgIpc) is 3.17. The van der Waals surface area contributed by atoms with Crippen LogP contribution in [0.15, 0.2) is 59.6 Å². The summed E-state index contributed by atoms with van der Waals surface area (Å²) in [7, 11) is 5.85. The number of halogens is 2. The third-order valence-corrected chi connectivity index (χ3v) is 5.22. The van der Waals surface area contributed by atoms with Crippen LogP contribution in [-0.2, 0) is 0 Å². The molecule has 1 aliphatic heterocycles. The summed E-state index contributed by atoms with van der Waals surface area (Å²) in [5.74, 6) is 0.588. The second kappa shape index (κ2) is 11.3. The molecule has 2 N–H and O–H groups in total. The van der Waals surface area contributed by atoms with Gasteiger partial charge in [-0.05, 0) is 50.3 Å². The molecule has 1 saturated heterocycles. The van der Waals surface area contributed by atoms with E-state index in [1.54, 1.807) is 7.05 Å². The highest BCUT2D eigenvalue weighted by Crippen LogP contribution is 2.20. The van der Waals surface area contributed by atoms with Gasteiger partial charge in [-0.15, -0.1) is 24.0 Å². The predicted octanol–water partition coefficient (Wildman–Crippen LogP) is 3.49. The van der Waals surface area contributed by atoms with Crippen molar-refractivity contribution in [1.29, 1.82) is 0 Å². The van der Waals surface area contributed by atoms with Crippen LogP contribution in [0.3, 0.4) is 0 Å². The van der Waals surface area contributed by atoms with Gasteiger partial charge >= 0.3 is 0 Å². The largest absolute Gasteiger partial charge is 0.369 e. The Morgan fingerprint density at radius 3 is 2.48 bits per heavy atom. The molecule has 2 unspecified atom stereocenters. The molecule has 0 amide bonds. The molecule has 1 aliphatic rings. The van der Waals surface area contributed by atoms with Gasteiger partial charge in [-0.1, -0.05) is 30.3 Å². The Hall–Kier alpha value is -1.87. The fourth-order valence-electron chi connectivity index (χ4n) is 3.62. The van der Waals surface area contributed by atoms with Gasteiger partial charge in [0.15, 0.2) is 5.96 Å². The number of guanidine groups is 1. The second-order valence-corrected chi connectivity index (χ2v) is 7.40. The number of hydrogen-bond acceptors (Lipinski definition) is 3. The van der Waals surface area contributed by atoms with Crippen LogP contribution < -0.4 is 15.5 Å². The van der Waals surface area contributed by atoms with E-state index < -0.39 is 0 Å². The molecule has 7 heteroatoms. The molecule has 29 heavy (non-hydrogen) atoms. The fourth-order valence-corrected chi connectivity index (χ4v) is 3.62. The number of hydrogen-bond donors (Lipinski definition) is 2. The van der Waals surface area contributed by atoms with E-state index in [1.807, 2.05) is 32.3 Å². The van der Waals surface area contributed by atoms with Gasteiger partial charge in [-0.2, -0.15) is 0 Å². The van der Waals surface area contributed by atoms with Crippen molar-refractivity contribution in [2.24, 2.45) is 4.99 Å². The van der Waals surface area contributed by atoms with Crippen molar-refractivity contribution in [3.8, 4) is 0 Å². The zero-order valence-electron chi connectivity index (χ0n) is 17.3. The summed E-state index contributed by atoms with van der Waals surface area (Å²) in [5.41, 5.74) is 2.34. The lowest BCUT2D eigenvalue weighted by Gasteiger charge is -2.27. The van der Waals surface area contributed by atoms with Crippen LogP contribution in [0.2, 0.25) is 0 Å². The summed E-state index contributed by atoms with van der Waals surface area (Å²) in [6.45, 7) is 2.68. The van der Waals surface area contributed by atoms with Crippen molar-refractivity contribution in [3.05, 3.63) is 66.0 Å². The summed E-state index contributed by atoms with van der Waals surface area (Å²) in [4.78, 5) is 8.91. The van der Waals surface area contributed by atoms with E-state index in [9.17, 15) is 4.39 Å². The minimum atomic E-state index is -0.212. The standard InChI is InChI=1S/C22H30FN5.HI/c1-24-22(25-15-21(27(2)3)17-9-11-18(23)12-10-17)26-19-13-14-28(16-19)20-7-5-4-6-8-20;/h4-12,19,21H,13-16H2,1-3H3,(H2,24,25,26);1H. The smallest absolute Gasteiger partial charge is 0.191 e. The molecule has 0 aliphatic carbocycles. The van der Waals surface area contributed by atoms with Crippen molar-refractivity contribution in [2.45, 2.75) is 18.5 Å². The van der Waals surface area contributed by atoms with E-state index in [2.05, 4.69) is 49.7 Å². The summed E-state index contributed by atoms with van der Waals surface area (Å²) >= 11 is 0. The van der Waals surface area contributed by atoms with Gasteiger partial charge in [0.25, 0.3) is 0 Å². The number of anilines is 1. The van der Waals surface area contributed by atoms with E-state index in [1.165, 1.54) is 17.8 Å². The first-order valence-corrected chi connectivity index (χ1v) is 9.76. The number of aliphatic imine (C=N–C) groups is 1. The average molecular weight is 511 g/mol. The molecule has 0 saturated carbocycles. The lowest BCUT2D eigenvalue weighted by molar-refractivity contribution is 0.297. The number of rotatable bonds is 6. The third-order valence-electron chi connectivity index (χ3n) is 5.22. The van der Waals surface area contributed by atoms with Crippen molar-refractivity contribution >= 4 is 35.6 Å². The number of likely N-dealkylation sites (N-methyl/N-ethyl adjacent to an activating group) is 1. The first-order chi connectivity index (χ1) is 13.6. The van der Waals surface area contributed by atoms with Crippen LogP contribution in [0.4, 0.5) is 10.1 Å². The van der Waals surface area contributed by atoms with Crippen LogP contribution in [0.25, 0.3) is 0 Å². The number of nitrogens with zero attached hydrogens (tertiary/aromatic N) is 3. The van der Waals surface area contributed by atoms with E-state index in [0.29, 0.717) is 12.6 Å². The topological polar surface area (TPSA) is 42.9 Å². The summed E-state index contributed by atoms with van der Waals surface area (Å²) in [6.07, 6.45) is 1.07. The molecule has 0 radical (unpaired) electrons. The third kappa shape index (κ3) is 6.57. The molecule has 2 aromatic carbocycles. The molecule has 1 fully saturated rings. The molecule has 2 atom stereocenters. The molecule has 2 aromatic rings. The molecular weight excluding hydrogens is 480 g/mol. The van der Waals surface area contributed by atoms with Gasteiger partial charge in [0, 0.05) is 38.4 Å². The first kappa shape index (κ1) is 23.4. The van der Waals surface area contributed by atoms with E-state index in [4.69, 9.17) is 0 Å². The van der Waals surface area contributed by atoms with Gasteiger partial charge in [0.2, 0.25) is 0 Å². The van der Waals surface area contributed by atoms with Gasteiger partial charge in [0.1, 0.15) is 5.82 Å². The molecule has 5 nitrogen and oxygen atoms in total. The van der Waals surface area contributed by atoms with Gasteiger partial charge < -0.3 is 20.4 Å². The minimum absolute atomic E-state index is 0. The van der Waals surface area contributed by atoms with Crippen LogP contribution in [-0.4, -0.2) is 57.7 Å². The Morgan fingerprint density at radius 1 is 1.17 bits per heavy atom. The van der Waals surface area contributed by atoms with Crippen molar-refractivity contribution in [3.63, 3.8) is 0 Å². The zero-order chi connectivity index (χ0) is 19.9. The number of benzene rings is 2. The van der Waals surface area contributed by atoms with E-state index in [-0.39, 0.29) is 35.8 Å². The zero-order valence-corrected chi connectivity index (χ0v) is 19.6. The highest BCUT2D eigenvalue weighted by atomic mass is 127. The molecule has 158 valence electrons. The Bertz CT molecular complexity index is 767. The van der Waals surface area contributed by atoms with Crippen molar-refractivity contribution in [2.75, 3.05) is 45.7 Å². The molecular formula is C22H31FIN5. The SMILES string of the molecule is CN=C(NCC(c1ccc(F)cc1)N(C)C)NC1CCN(c2ccccc2)C1.I. The minimum Gasteiger partial charge on any atom is -0.369 e. The number of para-hydroxylation sites is 1. The summed E-state index contributed by atoms with van der Waals surface area (Å²) in [6, 6.07) is 17.7. The number of nitrogens with one attached hydrogen (secondary N) is 2. The van der Waals surface area contributed by atoms with Crippen molar-refractivity contribution < 1.29 is 4.39 Å². The molecule has 0 aromatic heterocycles. The Labute approximate surface area is 190 Å². The molecule has 0 bridgehead atoms. The Balaban J connectivity index is 0.00000300. The van der Waals surface area contributed by atoms with Gasteiger partial charge in [-0.25, -0.2) is 4.39 Å². The van der Waals surface area contributed by atoms with Crippen LogP contribution in [0.1, 0.15) is 18.0 Å². The summed E-state index contributed by atoms with van der Waals surface area (Å²) in [5, 5.41) is 6.97. The predicted molar refractivity (Wildman–Crippen MR) is 130 cm³/mol. The maximum atomic E-state index is 13.2. The monoisotopic (exact) mass is 511 g/mol. The Kier molecular flexibility index (Phi) is 9.16. The molecule has 3 rings (SSSR count). The normalized spacial score (nSPS) is 17.8. The maximum Gasteiger partial charge on any atom is 0.191 e. The second-order valence-electron chi connectivity index (χ2n) is 7.40. The van der Waals surface area contributed by atoms with E-state index >= 15 is 0 Å². The van der Waals surface area contributed by atoms with Crippen molar-refractivity contribution in [1.82, 2.24) is 15.5 Å². The van der Waals surface area contributed by atoms with E-state index in [0.717, 1.165) is 31.0 Å². The fraction of sp³-hybridized carbons (Fsp3) is 0.409. The van der Waals surface area contributed by atoms with Gasteiger partial charge in [-0.3, -0.25) is 4.99 Å². The first-order valence-electron chi connectivity index (χ1n) is 9.76. The van der Waals surface area contributed by atoms with Crippen LogP contribution in [0.5, 0.6) is 0 Å². The van der Waals surface area contributed by atoms with Crippen LogP contribution in [0, 0.1) is 5.82 Å². The lowest BCUT2D eigenvalue weighted by atomic mass is 10.1. The highest BCUT2D eigenvalue weighted by molar-refractivity contribution is 14.0. The Morgan fingerprint density at radius 2 is 1.86 bits per heavy atom. The molecule has 0 spiro atoms. The lowest BCUT2D eigenvalue weighted by Crippen LogP contribution is -2.46.